The molecule has 27 heavy (non-hydrogen) atoms. The van der Waals surface area contributed by atoms with Crippen molar-refractivity contribution in [2.45, 2.75) is 11.4 Å². The maximum absolute atomic E-state index is 13.2. The molecule has 3 rings (SSSR count). The van der Waals surface area contributed by atoms with Crippen molar-refractivity contribution in [3.63, 3.8) is 0 Å². The van der Waals surface area contributed by atoms with Crippen molar-refractivity contribution < 1.29 is 22.7 Å². The Morgan fingerprint density at radius 2 is 1.96 bits per heavy atom. The average molecular weight is 431 g/mol. The topological polar surface area (TPSA) is 95.5 Å². The number of anilines is 2. The summed E-state index contributed by atoms with van der Waals surface area (Å²) in [5.74, 6) is -1.32. The molecule has 2 aromatic rings. The number of halogens is 2. The molecule has 0 radical (unpaired) electrons. The van der Waals surface area contributed by atoms with Crippen LogP contribution >= 0.6 is 23.5 Å². The maximum atomic E-state index is 13.2. The summed E-state index contributed by atoms with van der Waals surface area (Å²) in [5.41, 5.74) is 1.29. The van der Waals surface area contributed by atoms with Crippen molar-refractivity contribution in [2.75, 3.05) is 21.5 Å². The molecule has 6 nitrogen and oxygen atoms in total. The van der Waals surface area contributed by atoms with E-state index in [0.29, 0.717) is 16.9 Å². The number of sulfone groups is 1. The van der Waals surface area contributed by atoms with Gasteiger partial charge in [-0.05, 0) is 48.3 Å². The summed E-state index contributed by atoms with van der Waals surface area (Å²) >= 11 is 6.81. The smallest absolute Gasteiger partial charge is 0.255 e. The molecule has 2 aromatic carbocycles. The zero-order valence-corrected chi connectivity index (χ0v) is 16.2. The number of aliphatic hydroxyl groups excluding tert-OH is 1. The van der Waals surface area contributed by atoms with Crippen LogP contribution in [-0.2, 0) is 9.84 Å². The van der Waals surface area contributed by atoms with Gasteiger partial charge in [0.05, 0.1) is 27.9 Å². The molecule has 1 heterocycles. The standard InChI is InChI=1S/C17H16ClFN2O4S2/c18-13-7-11(4-5-14(13)19)20-17(23)10-2-1-3-12(6-10)21-26-16-9-27(24,25)8-15(16)22/h1-7,15-16,21-22H,8-9H2,(H,20,23). The van der Waals surface area contributed by atoms with Crippen LogP contribution in [0.25, 0.3) is 0 Å². The first-order valence-corrected chi connectivity index (χ1v) is 11.0. The van der Waals surface area contributed by atoms with Crippen molar-refractivity contribution in [3.8, 4) is 0 Å². The third kappa shape index (κ3) is 5.13. The molecule has 0 spiro atoms. The number of rotatable bonds is 5. The minimum Gasteiger partial charge on any atom is -0.391 e. The zero-order chi connectivity index (χ0) is 19.6. The molecule has 2 atom stereocenters. The van der Waals surface area contributed by atoms with Gasteiger partial charge in [0.1, 0.15) is 5.82 Å². The normalized spacial score (nSPS) is 21.0. The third-order valence-corrected chi connectivity index (χ3v) is 7.26. The lowest BCUT2D eigenvalue weighted by Crippen LogP contribution is -2.21. The molecule has 0 aromatic heterocycles. The molecule has 3 N–H and O–H groups in total. The number of carbonyl (C=O) groups excluding carboxylic acids is 1. The molecule has 0 saturated carbocycles. The highest BCUT2D eigenvalue weighted by atomic mass is 35.5. The Kier molecular flexibility index (Phi) is 5.95. The second-order valence-electron chi connectivity index (χ2n) is 6.07. The van der Waals surface area contributed by atoms with Crippen molar-refractivity contribution >= 4 is 50.7 Å². The van der Waals surface area contributed by atoms with Gasteiger partial charge in [-0.1, -0.05) is 17.7 Å². The monoisotopic (exact) mass is 430 g/mol. The molecule has 1 saturated heterocycles. The summed E-state index contributed by atoms with van der Waals surface area (Å²) < 4.78 is 39.2. The number of hydrogen-bond donors (Lipinski definition) is 3. The quantitative estimate of drug-likeness (QED) is 0.631. The highest BCUT2D eigenvalue weighted by Gasteiger charge is 2.37. The van der Waals surface area contributed by atoms with Gasteiger partial charge in [-0.15, -0.1) is 0 Å². The number of nitrogens with one attached hydrogen (secondary N) is 2. The summed E-state index contributed by atoms with van der Waals surface area (Å²) in [6.07, 6.45) is -0.929. The second-order valence-corrected chi connectivity index (χ2v) is 9.67. The van der Waals surface area contributed by atoms with Crippen LogP contribution in [0.15, 0.2) is 42.5 Å². The Balaban J connectivity index is 1.64. The van der Waals surface area contributed by atoms with E-state index in [2.05, 4.69) is 10.0 Å². The highest BCUT2D eigenvalue weighted by Crippen LogP contribution is 2.27. The number of hydrogen-bond acceptors (Lipinski definition) is 6. The van der Waals surface area contributed by atoms with Crippen LogP contribution in [0.2, 0.25) is 5.02 Å². The van der Waals surface area contributed by atoms with Gasteiger partial charge < -0.3 is 15.1 Å². The first-order chi connectivity index (χ1) is 12.7. The Bertz CT molecular complexity index is 971. The van der Waals surface area contributed by atoms with Gasteiger partial charge in [-0.2, -0.15) is 0 Å². The molecule has 1 fully saturated rings. The van der Waals surface area contributed by atoms with Crippen molar-refractivity contribution in [2.24, 2.45) is 0 Å². The molecule has 1 aliphatic rings. The molecule has 10 heteroatoms. The highest BCUT2D eigenvalue weighted by molar-refractivity contribution is 8.03. The van der Waals surface area contributed by atoms with Crippen LogP contribution in [0.1, 0.15) is 10.4 Å². The van der Waals surface area contributed by atoms with Crippen molar-refractivity contribution in [1.29, 1.82) is 0 Å². The maximum Gasteiger partial charge on any atom is 0.255 e. The van der Waals surface area contributed by atoms with Crippen LogP contribution in [0.4, 0.5) is 15.8 Å². The summed E-state index contributed by atoms with van der Waals surface area (Å²) in [6.45, 7) is 0. The van der Waals surface area contributed by atoms with E-state index in [1.807, 2.05) is 0 Å². The largest absolute Gasteiger partial charge is 0.391 e. The SMILES string of the molecule is O=C(Nc1ccc(F)c(Cl)c1)c1cccc(NSC2CS(=O)(=O)CC2O)c1. The van der Waals surface area contributed by atoms with Crippen LogP contribution in [0, 0.1) is 5.82 Å². The van der Waals surface area contributed by atoms with Gasteiger partial charge in [-0.25, -0.2) is 12.8 Å². The summed E-state index contributed by atoms with van der Waals surface area (Å²) in [5, 5.41) is 11.9. The van der Waals surface area contributed by atoms with E-state index in [4.69, 9.17) is 11.6 Å². The molecule has 144 valence electrons. The lowest BCUT2D eigenvalue weighted by atomic mass is 10.2. The molecular weight excluding hydrogens is 415 g/mol. The Labute approximate surface area is 165 Å². The van der Waals surface area contributed by atoms with E-state index in [9.17, 15) is 22.7 Å². The predicted molar refractivity (Wildman–Crippen MR) is 105 cm³/mol. The molecule has 0 aliphatic carbocycles. The van der Waals surface area contributed by atoms with E-state index < -0.39 is 32.9 Å². The van der Waals surface area contributed by atoms with E-state index in [1.165, 1.54) is 12.1 Å². The zero-order valence-electron chi connectivity index (χ0n) is 13.9. The van der Waals surface area contributed by atoms with Crippen molar-refractivity contribution in [1.82, 2.24) is 0 Å². The first-order valence-electron chi connectivity index (χ1n) is 7.90. The fourth-order valence-electron chi connectivity index (χ4n) is 2.55. The van der Waals surface area contributed by atoms with Crippen LogP contribution in [-0.4, -0.2) is 42.3 Å². The summed E-state index contributed by atoms with van der Waals surface area (Å²) in [4.78, 5) is 12.4. The number of amides is 1. The molecule has 0 bridgehead atoms. The fraction of sp³-hybridized carbons (Fsp3) is 0.235. The van der Waals surface area contributed by atoms with Gasteiger partial charge >= 0.3 is 0 Å². The lowest BCUT2D eigenvalue weighted by molar-refractivity contribution is 0.102. The Morgan fingerprint density at radius 3 is 2.63 bits per heavy atom. The number of aliphatic hydroxyl groups is 1. The lowest BCUT2D eigenvalue weighted by Gasteiger charge is -2.14. The summed E-state index contributed by atoms with van der Waals surface area (Å²) in [6, 6.07) is 10.4. The van der Waals surface area contributed by atoms with Gasteiger partial charge in [0.25, 0.3) is 5.91 Å². The van der Waals surface area contributed by atoms with Gasteiger partial charge in [0, 0.05) is 16.9 Å². The van der Waals surface area contributed by atoms with Gasteiger partial charge in [0.15, 0.2) is 9.84 Å². The number of benzene rings is 2. The molecular formula is C17H16ClFN2O4S2. The van der Waals surface area contributed by atoms with Crippen LogP contribution < -0.4 is 10.0 Å². The Hall–Kier alpha value is -1.81. The van der Waals surface area contributed by atoms with E-state index in [0.717, 1.165) is 18.0 Å². The van der Waals surface area contributed by atoms with Gasteiger partial charge in [-0.3, -0.25) is 4.79 Å². The molecule has 2 unspecified atom stereocenters. The molecule has 1 aliphatic heterocycles. The van der Waals surface area contributed by atoms with E-state index >= 15 is 0 Å². The van der Waals surface area contributed by atoms with E-state index in [1.54, 1.807) is 24.3 Å². The number of carbonyl (C=O) groups is 1. The van der Waals surface area contributed by atoms with Gasteiger partial charge in [0.2, 0.25) is 0 Å². The minimum atomic E-state index is -3.22. The third-order valence-electron chi connectivity index (χ3n) is 3.90. The first kappa shape index (κ1) is 19.9. The Morgan fingerprint density at radius 1 is 1.19 bits per heavy atom. The van der Waals surface area contributed by atoms with E-state index in [-0.39, 0.29) is 16.5 Å². The van der Waals surface area contributed by atoms with Crippen molar-refractivity contribution in [3.05, 3.63) is 58.9 Å². The summed E-state index contributed by atoms with van der Waals surface area (Å²) in [7, 11) is -3.22. The molecule has 1 amide bonds. The fourth-order valence-corrected chi connectivity index (χ4v) is 6.03. The minimum absolute atomic E-state index is 0.0929. The van der Waals surface area contributed by atoms with Crippen LogP contribution in [0.5, 0.6) is 0 Å². The predicted octanol–water partition coefficient (Wildman–Crippen LogP) is 2.95. The average Bonchev–Trinajstić information content (AvgIpc) is 2.88. The second kappa shape index (κ2) is 8.05. The van der Waals surface area contributed by atoms with Crippen LogP contribution in [0.3, 0.4) is 0 Å².